The Hall–Kier alpha value is -1.22. The molecule has 0 aliphatic carbocycles. The van der Waals surface area contributed by atoms with Crippen LogP contribution in [0.15, 0.2) is 18.2 Å². The van der Waals surface area contributed by atoms with Crippen molar-refractivity contribution in [3.8, 4) is 11.5 Å². The van der Waals surface area contributed by atoms with Crippen molar-refractivity contribution < 1.29 is 14.3 Å². The highest BCUT2D eigenvalue weighted by Gasteiger charge is 2.15. The zero-order valence-corrected chi connectivity index (χ0v) is 9.67. The van der Waals surface area contributed by atoms with Crippen LogP contribution >= 0.6 is 11.6 Å². The number of ether oxygens (including phenoxy) is 2. The van der Waals surface area contributed by atoms with E-state index >= 15 is 0 Å². The van der Waals surface area contributed by atoms with Gasteiger partial charge in [-0.25, -0.2) is 0 Å². The highest BCUT2D eigenvalue weighted by Crippen LogP contribution is 2.29. The summed E-state index contributed by atoms with van der Waals surface area (Å²) in [6.45, 7) is 1.45. The molecule has 15 heavy (non-hydrogen) atoms. The predicted molar refractivity (Wildman–Crippen MR) is 58.8 cm³/mol. The smallest absolute Gasteiger partial charge is 0.152 e. The molecule has 0 N–H and O–H groups in total. The van der Waals surface area contributed by atoms with Crippen molar-refractivity contribution in [3.63, 3.8) is 0 Å². The minimum absolute atomic E-state index is 0.105. The SMILES string of the molecule is COc1cc(OC)cc(C(Cl)C(C)=O)c1. The van der Waals surface area contributed by atoms with E-state index in [1.54, 1.807) is 32.4 Å². The second-order valence-corrected chi connectivity index (χ2v) is 3.56. The molecule has 1 unspecified atom stereocenters. The summed E-state index contributed by atoms with van der Waals surface area (Å²) >= 11 is 5.94. The van der Waals surface area contributed by atoms with Crippen LogP contribution in [0.25, 0.3) is 0 Å². The Morgan fingerprint density at radius 2 is 1.67 bits per heavy atom. The van der Waals surface area contributed by atoms with Gasteiger partial charge in [0.2, 0.25) is 0 Å². The van der Waals surface area contributed by atoms with Gasteiger partial charge in [-0.2, -0.15) is 0 Å². The van der Waals surface area contributed by atoms with Gasteiger partial charge < -0.3 is 9.47 Å². The summed E-state index contributed by atoms with van der Waals surface area (Å²) < 4.78 is 10.2. The Kier molecular flexibility index (Phi) is 3.97. The van der Waals surface area contributed by atoms with Crippen molar-refractivity contribution in [3.05, 3.63) is 23.8 Å². The van der Waals surface area contributed by atoms with E-state index < -0.39 is 5.38 Å². The molecule has 82 valence electrons. The summed E-state index contributed by atoms with van der Waals surface area (Å²) in [5.41, 5.74) is 0.681. The van der Waals surface area contributed by atoms with Crippen molar-refractivity contribution >= 4 is 17.4 Å². The second-order valence-electron chi connectivity index (χ2n) is 3.12. The van der Waals surface area contributed by atoms with Gasteiger partial charge in [0.05, 0.1) is 14.2 Å². The molecule has 0 spiro atoms. The van der Waals surface area contributed by atoms with E-state index in [-0.39, 0.29) is 5.78 Å². The summed E-state index contributed by atoms with van der Waals surface area (Å²) in [7, 11) is 3.10. The van der Waals surface area contributed by atoms with Gasteiger partial charge in [-0.1, -0.05) is 0 Å². The molecular formula is C11H13ClO3. The van der Waals surface area contributed by atoms with E-state index in [0.29, 0.717) is 17.1 Å². The Labute approximate surface area is 93.9 Å². The fourth-order valence-corrected chi connectivity index (χ4v) is 1.34. The van der Waals surface area contributed by atoms with Crippen LogP contribution in [0.1, 0.15) is 17.9 Å². The van der Waals surface area contributed by atoms with Crippen molar-refractivity contribution in [2.75, 3.05) is 14.2 Å². The largest absolute Gasteiger partial charge is 0.497 e. The van der Waals surface area contributed by atoms with E-state index in [1.807, 2.05) is 0 Å². The molecule has 1 rings (SSSR count). The minimum atomic E-state index is -0.658. The van der Waals surface area contributed by atoms with E-state index in [2.05, 4.69) is 0 Å². The molecule has 0 heterocycles. The number of methoxy groups -OCH3 is 2. The lowest BCUT2D eigenvalue weighted by atomic mass is 10.1. The molecule has 0 saturated carbocycles. The van der Waals surface area contributed by atoms with Crippen molar-refractivity contribution in [1.29, 1.82) is 0 Å². The number of hydrogen-bond donors (Lipinski definition) is 0. The van der Waals surface area contributed by atoms with Crippen LogP contribution in [0.4, 0.5) is 0 Å². The first-order valence-electron chi connectivity index (χ1n) is 4.46. The van der Waals surface area contributed by atoms with Gasteiger partial charge in [0.1, 0.15) is 16.9 Å². The number of Topliss-reactive ketones (excluding diaryl/α,β-unsaturated/α-hetero) is 1. The van der Waals surface area contributed by atoms with Gasteiger partial charge in [-0.15, -0.1) is 11.6 Å². The Balaban J connectivity index is 3.11. The Morgan fingerprint density at radius 1 is 1.20 bits per heavy atom. The highest BCUT2D eigenvalue weighted by atomic mass is 35.5. The number of hydrogen-bond acceptors (Lipinski definition) is 3. The molecule has 4 heteroatoms. The van der Waals surface area contributed by atoms with Crippen molar-refractivity contribution in [2.45, 2.75) is 12.3 Å². The lowest BCUT2D eigenvalue weighted by molar-refractivity contribution is -0.116. The first-order chi connectivity index (χ1) is 7.08. The summed E-state index contributed by atoms with van der Waals surface area (Å²) in [6, 6.07) is 5.18. The monoisotopic (exact) mass is 228 g/mol. The molecule has 0 amide bonds. The number of alkyl halides is 1. The fourth-order valence-electron chi connectivity index (χ4n) is 1.21. The van der Waals surface area contributed by atoms with E-state index in [4.69, 9.17) is 21.1 Å². The summed E-state index contributed by atoms with van der Waals surface area (Å²) in [5, 5.41) is -0.658. The van der Waals surface area contributed by atoms with Gasteiger partial charge in [0, 0.05) is 6.07 Å². The number of carbonyl (C=O) groups is 1. The molecule has 0 radical (unpaired) electrons. The average Bonchev–Trinajstić information content (AvgIpc) is 2.27. The number of halogens is 1. The van der Waals surface area contributed by atoms with E-state index in [9.17, 15) is 4.79 Å². The van der Waals surface area contributed by atoms with Gasteiger partial charge in [0.25, 0.3) is 0 Å². The zero-order chi connectivity index (χ0) is 11.4. The molecule has 0 bridgehead atoms. The molecule has 0 fully saturated rings. The van der Waals surface area contributed by atoms with E-state index in [0.717, 1.165) is 0 Å². The molecule has 1 aromatic carbocycles. The summed E-state index contributed by atoms with van der Waals surface area (Å²) in [6.07, 6.45) is 0. The van der Waals surface area contributed by atoms with Crippen molar-refractivity contribution in [2.24, 2.45) is 0 Å². The fraction of sp³-hybridized carbons (Fsp3) is 0.364. The Bertz CT molecular complexity index is 341. The summed E-state index contributed by atoms with van der Waals surface area (Å²) in [4.78, 5) is 11.1. The van der Waals surface area contributed by atoms with Crippen LogP contribution in [-0.4, -0.2) is 20.0 Å². The molecular weight excluding hydrogens is 216 g/mol. The van der Waals surface area contributed by atoms with Gasteiger partial charge in [0.15, 0.2) is 5.78 Å². The standard InChI is InChI=1S/C11H13ClO3/c1-7(13)11(12)8-4-9(14-2)6-10(5-8)15-3/h4-6,11H,1-3H3. The maximum atomic E-state index is 11.1. The number of carbonyl (C=O) groups excluding carboxylic acids is 1. The van der Waals surface area contributed by atoms with Crippen LogP contribution in [0, 0.1) is 0 Å². The van der Waals surface area contributed by atoms with Crippen LogP contribution in [0.5, 0.6) is 11.5 Å². The maximum Gasteiger partial charge on any atom is 0.152 e. The molecule has 0 aromatic heterocycles. The number of rotatable bonds is 4. The van der Waals surface area contributed by atoms with Crippen LogP contribution in [-0.2, 0) is 4.79 Å². The third-order valence-corrected chi connectivity index (χ3v) is 2.58. The molecule has 1 atom stereocenters. The quantitative estimate of drug-likeness (QED) is 0.743. The average molecular weight is 229 g/mol. The maximum absolute atomic E-state index is 11.1. The van der Waals surface area contributed by atoms with Gasteiger partial charge in [-0.3, -0.25) is 4.79 Å². The normalized spacial score (nSPS) is 12.0. The molecule has 3 nitrogen and oxygen atoms in total. The first-order valence-corrected chi connectivity index (χ1v) is 4.89. The third-order valence-electron chi connectivity index (χ3n) is 2.02. The lowest BCUT2D eigenvalue weighted by Crippen LogP contribution is -2.02. The van der Waals surface area contributed by atoms with E-state index in [1.165, 1.54) is 6.92 Å². The lowest BCUT2D eigenvalue weighted by Gasteiger charge is -2.10. The first kappa shape index (κ1) is 11.9. The third kappa shape index (κ3) is 2.86. The molecule has 0 saturated heterocycles. The second kappa shape index (κ2) is 5.03. The molecule has 0 aliphatic rings. The molecule has 0 aliphatic heterocycles. The Morgan fingerprint density at radius 3 is 2.00 bits per heavy atom. The summed E-state index contributed by atoms with van der Waals surface area (Å²) in [5.74, 6) is 1.14. The van der Waals surface area contributed by atoms with Gasteiger partial charge in [-0.05, 0) is 24.6 Å². The topological polar surface area (TPSA) is 35.5 Å². The van der Waals surface area contributed by atoms with Crippen LogP contribution in [0.3, 0.4) is 0 Å². The number of benzene rings is 1. The predicted octanol–water partition coefficient (Wildman–Crippen LogP) is 2.57. The van der Waals surface area contributed by atoms with Gasteiger partial charge >= 0.3 is 0 Å². The zero-order valence-electron chi connectivity index (χ0n) is 8.91. The minimum Gasteiger partial charge on any atom is -0.497 e. The number of ketones is 1. The molecule has 1 aromatic rings. The van der Waals surface area contributed by atoms with Crippen molar-refractivity contribution in [1.82, 2.24) is 0 Å². The van der Waals surface area contributed by atoms with Crippen LogP contribution < -0.4 is 9.47 Å². The van der Waals surface area contributed by atoms with Crippen LogP contribution in [0.2, 0.25) is 0 Å². The highest BCUT2D eigenvalue weighted by molar-refractivity contribution is 6.30.